The van der Waals surface area contributed by atoms with Crippen molar-refractivity contribution in [3.63, 3.8) is 0 Å². The number of fused-ring (bicyclic) bond motifs is 1. The number of hydrogen-bond donors (Lipinski definition) is 3. The summed E-state index contributed by atoms with van der Waals surface area (Å²) in [6.45, 7) is 9.55. The fraction of sp³-hybridized carbons (Fsp3) is 0.720. The molecule has 0 bridgehead atoms. The van der Waals surface area contributed by atoms with Gasteiger partial charge in [0.25, 0.3) is 0 Å². The van der Waals surface area contributed by atoms with Gasteiger partial charge in [-0.05, 0) is 37.0 Å². The second kappa shape index (κ2) is 10.8. The van der Waals surface area contributed by atoms with Gasteiger partial charge in [0.2, 0.25) is 0 Å². The Labute approximate surface area is 190 Å². The summed E-state index contributed by atoms with van der Waals surface area (Å²) >= 11 is 0. The van der Waals surface area contributed by atoms with E-state index in [1.807, 2.05) is 26.0 Å². The molecule has 0 aliphatic heterocycles. The summed E-state index contributed by atoms with van der Waals surface area (Å²) in [5, 5.41) is 29.4. The largest absolute Gasteiger partial charge is 0.481 e. The third kappa shape index (κ3) is 5.31. The lowest BCUT2D eigenvalue weighted by molar-refractivity contribution is -0.171. The van der Waals surface area contributed by atoms with Crippen molar-refractivity contribution >= 4 is 17.7 Å². The van der Waals surface area contributed by atoms with Crippen LogP contribution in [-0.2, 0) is 19.1 Å². The number of esters is 1. The molecule has 7 heteroatoms. The van der Waals surface area contributed by atoms with Crippen molar-refractivity contribution < 1.29 is 34.4 Å². The highest BCUT2D eigenvalue weighted by Crippen LogP contribution is 2.56. The summed E-state index contributed by atoms with van der Waals surface area (Å²) in [6.07, 6.45) is 4.59. The molecule has 2 aliphatic carbocycles. The van der Waals surface area contributed by atoms with E-state index >= 15 is 0 Å². The van der Waals surface area contributed by atoms with E-state index in [2.05, 4.69) is 13.8 Å². The van der Waals surface area contributed by atoms with E-state index in [-0.39, 0.29) is 54.8 Å². The zero-order chi connectivity index (χ0) is 24.2. The smallest absolute Gasteiger partial charge is 0.331 e. The molecular weight excluding hydrogens is 412 g/mol. The maximum atomic E-state index is 13.3. The fourth-order valence-corrected chi connectivity index (χ4v) is 5.96. The molecule has 0 radical (unpaired) electrons. The van der Waals surface area contributed by atoms with Crippen molar-refractivity contribution in [2.24, 2.45) is 35.0 Å². The summed E-state index contributed by atoms with van der Waals surface area (Å²) in [7, 11) is 0. The van der Waals surface area contributed by atoms with Crippen molar-refractivity contribution in [1.82, 2.24) is 0 Å². The van der Waals surface area contributed by atoms with Crippen LogP contribution in [0.25, 0.3) is 0 Å². The first-order chi connectivity index (χ1) is 15.0. The van der Waals surface area contributed by atoms with Gasteiger partial charge >= 0.3 is 11.9 Å². The molecule has 8 unspecified atom stereocenters. The van der Waals surface area contributed by atoms with Gasteiger partial charge in [-0.25, -0.2) is 4.79 Å². The molecule has 0 aromatic carbocycles. The Bertz CT molecular complexity index is 770. The molecule has 1 fully saturated rings. The number of allylic oxidation sites excluding steroid dienone is 1. The van der Waals surface area contributed by atoms with Crippen LogP contribution in [0.4, 0.5) is 0 Å². The number of carboxylic acids is 1. The monoisotopic (exact) mass is 450 g/mol. The van der Waals surface area contributed by atoms with Crippen LogP contribution >= 0.6 is 0 Å². The third-order valence-electron chi connectivity index (χ3n) is 7.59. The van der Waals surface area contributed by atoms with Crippen LogP contribution in [0.5, 0.6) is 0 Å². The third-order valence-corrected chi connectivity index (χ3v) is 7.59. The van der Waals surface area contributed by atoms with Crippen LogP contribution in [0.2, 0.25) is 0 Å². The Balaban J connectivity index is 2.32. The zero-order valence-corrected chi connectivity index (χ0v) is 19.8. The topological polar surface area (TPSA) is 121 Å². The molecule has 7 nitrogen and oxygen atoms in total. The first-order valence-electron chi connectivity index (χ1n) is 11.6. The number of aliphatic carboxylic acids is 1. The van der Waals surface area contributed by atoms with Crippen molar-refractivity contribution in [3.8, 4) is 0 Å². The average Bonchev–Trinajstić information content (AvgIpc) is 2.70. The highest BCUT2D eigenvalue weighted by Gasteiger charge is 2.57. The normalized spacial score (nSPS) is 35.7. The van der Waals surface area contributed by atoms with E-state index < -0.39 is 29.6 Å². The second-order valence-corrected chi connectivity index (χ2v) is 9.82. The van der Waals surface area contributed by atoms with Gasteiger partial charge in [0.15, 0.2) is 0 Å². The number of ether oxygens (including phenoxy) is 1. The van der Waals surface area contributed by atoms with Gasteiger partial charge in [0.05, 0.1) is 12.5 Å². The van der Waals surface area contributed by atoms with Crippen molar-refractivity contribution in [2.45, 2.75) is 72.5 Å². The predicted molar refractivity (Wildman–Crippen MR) is 120 cm³/mol. The number of carboxylic acid groups (broad SMARTS) is 1. The Morgan fingerprint density at radius 3 is 2.50 bits per heavy atom. The molecule has 180 valence electrons. The van der Waals surface area contributed by atoms with E-state index in [9.17, 15) is 24.6 Å². The molecule has 2 aliphatic rings. The summed E-state index contributed by atoms with van der Waals surface area (Å²) in [5.74, 6) is -1.93. The van der Waals surface area contributed by atoms with Gasteiger partial charge in [-0.1, -0.05) is 51.8 Å². The highest BCUT2D eigenvalue weighted by atomic mass is 16.6. The highest BCUT2D eigenvalue weighted by molar-refractivity contribution is 5.86. The number of rotatable bonds is 9. The Morgan fingerprint density at radius 2 is 1.94 bits per heavy atom. The summed E-state index contributed by atoms with van der Waals surface area (Å²) in [6, 6.07) is 0. The maximum absolute atomic E-state index is 13.3. The van der Waals surface area contributed by atoms with Crippen LogP contribution in [0.15, 0.2) is 23.8 Å². The van der Waals surface area contributed by atoms with Crippen LogP contribution in [0.1, 0.15) is 60.3 Å². The van der Waals surface area contributed by atoms with Gasteiger partial charge in [-0.2, -0.15) is 0 Å². The van der Waals surface area contributed by atoms with Crippen LogP contribution in [0, 0.1) is 35.0 Å². The number of carbonyl (C=O) groups is 3. The standard InChI is InChI=1S/C25H38O7/c1-6-15(3)18-8-7-17-23(25(18,5)20(27)9-10-26)16(4)13-19(24(17)31)32-22(30)12-14(2)11-21(28)29/h7-8,12,15-19,23-24,26,31H,6,9-11,13H2,1-5H3,(H,28,29). The van der Waals surface area contributed by atoms with E-state index in [1.54, 1.807) is 6.92 Å². The van der Waals surface area contributed by atoms with Gasteiger partial charge < -0.3 is 20.1 Å². The SMILES string of the molecule is CCC(C)C1C=CC2C(O)C(OC(=O)C=C(C)CC(=O)O)CC(C)C2C1(C)C(=O)CCO. The number of carbonyl (C=O) groups excluding carboxylic acids is 2. The minimum absolute atomic E-state index is 0.00292. The second-order valence-electron chi connectivity index (χ2n) is 9.82. The van der Waals surface area contributed by atoms with Crippen molar-refractivity contribution in [1.29, 1.82) is 0 Å². The number of aliphatic hydroxyl groups is 2. The minimum atomic E-state index is -1.03. The molecule has 0 heterocycles. The lowest BCUT2D eigenvalue weighted by Crippen LogP contribution is -2.58. The molecule has 2 rings (SSSR count). The molecule has 0 amide bonds. The minimum Gasteiger partial charge on any atom is -0.481 e. The molecule has 32 heavy (non-hydrogen) atoms. The van der Waals surface area contributed by atoms with Crippen LogP contribution in [0.3, 0.4) is 0 Å². The molecule has 1 saturated carbocycles. The zero-order valence-electron chi connectivity index (χ0n) is 19.8. The van der Waals surface area contributed by atoms with Gasteiger partial charge in [0, 0.05) is 30.4 Å². The van der Waals surface area contributed by atoms with Gasteiger partial charge in [-0.3, -0.25) is 9.59 Å². The number of aliphatic hydroxyl groups excluding tert-OH is 2. The molecule has 3 N–H and O–H groups in total. The summed E-state index contributed by atoms with van der Waals surface area (Å²) < 4.78 is 5.53. The van der Waals surface area contributed by atoms with E-state index in [1.165, 1.54) is 0 Å². The number of hydrogen-bond acceptors (Lipinski definition) is 6. The van der Waals surface area contributed by atoms with E-state index in [0.717, 1.165) is 12.5 Å². The maximum Gasteiger partial charge on any atom is 0.331 e. The van der Waals surface area contributed by atoms with E-state index in [4.69, 9.17) is 9.84 Å². The number of ketones is 1. The molecular formula is C25H38O7. The van der Waals surface area contributed by atoms with E-state index in [0.29, 0.717) is 12.0 Å². The summed E-state index contributed by atoms with van der Waals surface area (Å²) in [4.78, 5) is 36.4. The van der Waals surface area contributed by atoms with Crippen LogP contribution in [-0.4, -0.2) is 51.9 Å². The molecule has 0 spiro atoms. The average molecular weight is 451 g/mol. The van der Waals surface area contributed by atoms with Crippen molar-refractivity contribution in [3.05, 3.63) is 23.8 Å². The Morgan fingerprint density at radius 1 is 1.28 bits per heavy atom. The Kier molecular flexibility index (Phi) is 8.82. The lowest BCUT2D eigenvalue weighted by Gasteiger charge is -2.55. The molecule has 8 atom stereocenters. The fourth-order valence-electron chi connectivity index (χ4n) is 5.96. The molecule has 0 saturated heterocycles. The predicted octanol–water partition coefficient (Wildman–Crippen LogP) is 3.14. The summed E-state index contributed by atoms with van der Waals surface area (Å²) in [5.41, 5.74) is -0.361. The first kappa shape index (κ1) is 26.3. The van der Waals surface area contributed by atoms with Gasteiger partial charge in [0.1, 0.15) is 11.9 Å². The quantitative estimate of drug-likeness (QED) is 0.280. The molecule has 0 aromatic heterocycles. The number of Topliss-reactive ketones (excluding diaryl/α,β-unsaturated/α-hetero) is 1. The lowest BCUT2D eigenvalue weighted by atomic mass is 9.49. The molecule has 0 aromatic rings. The van der Waals surface area contributed by atoms with Gasteiger partial charge in [-0.15, -0.1) is 0 Å². The Hall–Kier alpha value is -1.99. The van der Waals surface area contributed by atoms with Crippen molar-refractivity contribution in [2.75, 3.05) is 6.61 Å². The first-order valence-corrected chi connectivity index (χ1v) is 11.6. The van der Waals surface area contributed by atoms with Crippen LogP contribution < -0.4 is 0 Å².